The molecule has 3 rings (SSSR count). The fraction of sp³-hybridized carbons (Fsp3) is 1.00. The second-order valence-corrected chi connectivity index (χ2v) is 7.26. The van der Waals surface area contributed by atoms with Gasteiger partial charge < -0.3 is 10.6 Å². The van der Waals surface area contributed by atoms with Gasteiger partial charge >= 0.3 is 0 Å². The van der Waals surface area contributed by atoms with E-state index in [-0.39, 0.29) is 0 Å². The van der Waals surface area contributed by atoms with Crippen LogP contribution < -0.4 is 10.6 Å². The van der Waals surface area contributed by atoms with E-state index < -0.39 is 0 Å². The number of piperidine rings is 1. The molecular weight excluding hydrogens is 246 g/mol. The average Bonchev–Trinajstić information content (AvgIpc) is 3.16. The molecule has 1 aliphatic carbocycles. The summed E-state index contributed by atoms with van der Waals surface area (Å²) in [6.45, 7) is 7.49. The van der Waals surface area contributed by atoms with Gasteiger partial charge in [0, 0.05) is 24.7 Å². The Bertz CT molecular complexity index is 282. The van der Waals surface area contributed by atoms with Gasteiger partial charge in [0.1, 0.15) is 0 Å². The van der Waals surface area contributed by atoms with E-state index in [1.165, 1.54) is 77.5 Å². The minimum atomic E-state index is 0.716. The molecule has 4 unspecified atom stereocenters. The van der Waals surface area contributed by atoms with Crippen molar-refractivity contribution in [3.05, 3.63) is 0 Å². The highest BCUT2D eigenvalue weighted by Crippen LogP contribution is 2.31. The molecule has 3 fully saturated rings. The van der Waals surface area contributed by atoms with Gasteiger partial charge in [-0.15, -0.1) is 0 Å². The number of rotatable bonds is 5. The SMILES string of the molecule is CC(CNC1CCCC1C1CCCN1)N1CCCCC1. The van der Waals surface area contributed by atoms with Crippen molar-refractivity contribution in [2.75, 3.05) is 26.2 Å². The average molecular weight is 279 g/mol. The fourth-order valence-electron chi connectivity index (χ4n) is 4.61. The molecule has 4 atom stereocenters. The first kappa shape index (κ1) is 14.8. The Balaban J connectivity index is 1.44. The molecular formula is C17H33N3. The molecule has 2 N–H and O–H groups in total. The van der Waals surface area contributed by atoms with Crippen molar-refractivity contribution < 1.29 is 0 Å². The van der Waals surface area contributed by atoms with Crippen LogP contribution in [0.25, 0.3) is 0 Å². The molecule has 3 aliphatic rings. The topological polar surface area (TPSA) is 27.3 Å². The standard InChI is InChI=1S/C17H33N3/c1-14(20-11-3-2-4-12-20)13-19-17-8-5-7-15(17)16-9-6-10-18-16/h14-19H,2-13H2,1H3. The third kappa shape index (κ3) is 3.55. The third-order valence-electron chi connectivity index (χ3n) is 5.87. The van der Waals surface area contributed by atoms with E-state index in [0.29, 0.717) is 6.04 Å². The minimum absolute atomic E-state index is 0.716. The van der Waals surface area contributed by atoms with Gasteiger partial charge in [0.25, 0.3) is 0 Å². The van der Waals surface area contributed by atoms with Gasteiger partial charge in [0.2, 0.25) is 0 Å². The van der Waals surface area contributed by atoms with E-state index in [1.807, 2.05) is 0 Å². The lowest BCUT2D eigenvalue weighted by atomic mass is 9.93. The van der Waals surface area contributed by atoms with Crippen LogP contribution in [0.4, 0.5) is 0 Å². The van der Waals surface area contributed by atoms with Crippen molar-refractivity contribution >= 4 is 0 Å². The van der Waals surface area contributed by atoms with Crippen LogP contribution in [-0.2, 0) is 0 Å². The summed E-state index contributed by atoms with van der Waals surface area (Å²) < 4.78 is 0. The third-order valence-corrected chi connectivity index (χ3v) is 5.87. The maximum atomic E-state index is 3.92. The zero-order chi connectivity index (χ0) is 13.8. The maximum absolute atomic E-state index is 3.92. The summed E-state index contributed by atoms with van der Waals surface area (Å²) in [6.07, 6.45) is 11.3. The van der Waals surface area contributed by atoms with E-state index in [1.54, 1.807) is 0 Å². The fourth-order valence-corrected chi connectivity index (χ4v) is 4.61. The Morgan fingerprint density at radius 3 is 2.65 bits per heavy atom. The van der Waals surface area contributed by atoms with E-state index >= 15 is 0 Å². The van der Waals surface area contributed by atoms with Crippen LogP contribution in [0.1, 0.15) is 58.3 Å². The molecule has 0 aromatic carbocycles. The Kier molecular flexibility index (Phi) is 5.36. The maximum Gasteiger partial charge on any atom is 0.0192 e. The first-order chi connectivity index (χ1) is 9.84. The Morgan fingerprint density at radius 2 is 1.90 bits per heavy atom. The van der Waals surface area contributed by atoms with Crippen LogP contribution >= 0.6 is 0 Å². The smallest absolute Gasteiger partial charge is 0.0192 e. The number of hydrogen-bond acceptors (Lipinski definition) is 3. The molecule has 0 aromatic heterocycles. The van der Waals surface area contributed by atoms with Gasteiger partial charge in [-0.3, -0.25) is 4.90 Å². The highest BCUT2D eigenvalue weighted by Gasteiger charge is 2.34. The van der Waals surface area contributed by atoms with E-state index in [0.717, 1.165) is 18.0 Å². The molecule has 3 heteroatoms. The number of nitrogens with one attached hydrogen (secondary N) is 2. The first-order valence-electron chi connectivity index (χ1n) is 9.05. The zero-order valence-electron chi connectivity index (χ0n) is 13.2. The Labute approximate surface area is 124 Å². The van der Waals surface area contributed by atoms with E-state index in [4.69, 9.17) is 0 Å². The predicted molar refractivity (Wildman–Crippen MR) is 85.0 cm³/mol. The van der Waals surface area contributed by atoms with Gasteiger partial charge in [-0.05, 0) is 71.0 Å². The molecule has 2 saturated heterocycles. The highest BCUT2D eigenvalue weighted by molar-refractivity contribution is 4.93. The van der Waals surface area contributed by atoms with Gasteiger partial charge in [0.15, 0.2) is 0 Å². The molecule has 3 nitrogen and oxygen atoms in total. The van der Waals surface area contributed by atoms with E-state index in [2.05, 4.69) is 22.5 Å². The molecule has 0 aromatic rings. The van der Waals surface area contributed by atoms with Crippen LogP contribution in [0.2, 0.25) is 0 Å². The van der Waals surface area contributed by atoms with Crippen molar-refractivity contribution in [3.8, 4) is 0 Å². The van der Waals surface area contributed by atoms with Gasteiger partial charge in [-0.25, -0.2) is 0 Å². The lowest BCUT2D eigenvalue weighted by molar-refractivity contribution is 0.164. The lowest BCUT2D eigenvalue weighted by Gasteiger charge is -2.34. The van der Waals surface area contributed by atoms with Crippen molar-refractivity contribution in [2.45, 2.75) is 76.4 Å². The number of hydrogen-bond donors (Lipinski definition) is 2. The molecule has 0 bridgehead atoms. The molecule has 2 aliphatic heterocycles. The summed E-state index contributed by atoms with van der Waals surface area (Å²) >= 11 is 0. The summed E-state index contributed by atoms with van der Waals surface area (Å²) in [6, 6.07) is 2.30. The second-order valence-electron chi connectivity index (χ2n) is 7.26. The monoisotopic (exact) mass is 279 g/mol. The zero-order valence-corrected chi connectivity index (χ0v) is 13.2. The van der Waals surface area contributed by atoms with Crippen LogP contribution in [-0.4, -0.2) is 49.2 Å². The second kappa shape index (κ2) is 7.24. The molecule has 0 radical (unpaired) electrons. The van der Waals surface area contributed by atoms with Gasteiger partial charge in [-0.1, -0.05) is 12.8 Å². The quantitative estimate of drug-likeness (QED) is 0.809. The molecule has 20 heavy (non-hydrogen) atoms. The highest BCUT2D eigenvalue weighted by atomic mass is 15.2. The van der Waals surface area contributed by atoms with Crippen LogP contribution in [0.15, 0.2) is 0 Å². The Hall–Kier alpha value is -0.120. The molecule has 1 saturated carbocycles. The molecule has 116 valence electrons. The van der Waals surface area contributed by atoms with Gasteiger partial charge in [0.05, 0.1) is 0 Å². The van der Waals surface area contributed by atoms with Crippen molar-refractivity contribution in [3.63, 3.8) is 0 Å². The summed E-state index contributed by atoms with van der Waals surface area (Å²) in [4.78, 5) is 2.69. The van der Waals surface area contributed by atoms with Gasteiger partial charge in [-0.2, -0.15) is 0 Å². The number of nitrogens with zero attached hydrogens (tertiary/aromatic N) is 1. The normalized spacial score (nSPS) is 37.4. The summed E-state index contributed by atoms with van der Waals surface area (Å²) in [7, 11) is 0. The molecule has 0 amide bonds. The summed E-state index contributed by atoms with van der Waals surface area (Å²) in [5, 5.41) is 7.65. The van der Waals surface area contributed by atoms with Crippen LogP contribution in [0, 0.1) is 5.92 Å². The van der Waals surface area contributed by atoms with Crippen molar-refractivity contribution in [1.82, 2.24) is 15.5 Å². The minimum Gasteiger partial charge on any atom is -0.314 e. The largest absolute Gasteiger partial charge is 0.314 e. The Morgan fingerprint density at radius 1 is 1.05 bits per heavy atom. The lowest BCUT2D eigenvalue weighted by Crippen LogP contribution is -2.48. The summed E-state index contributed by atoms with van der Waals surface area (Å²) in [5.74, 6) is 0.894. The molecule has 2 heterocycles. The van der Waals surface area contributed by atoms with Crippen LogP contribution in [0.5, 0.6) is 0 Å². The molecule has 0 spiro atoms. The first-order valence-corrected chi connectivity index (χ1v) is 9.05. The van der Waals surface area contributed by atoms with Crippen molar-refractivity contribution in [2.24, 2.45) is 5.92 Å². The number of likely N-dealkylation sites (tertiary alicyclic amines) is 1. The van der Waals surface area contributed by atoms with Crippen LogP contribution in [0.3, 0.4) is 0 Å². The van der Waals surface area contributed by atoms with E-state index in [9.17, 15) is 0 Å². The predicted octanol–water partition coefficient (Wildman–Crippen LogP) is 2.37. The summed E-state index contributed by atoms with van der Waals surface area (Å²) in [5.41, 5.74) is 0. The van der Waals surface area contributed by atoms with Crippen molar-refractivity contribution in [1.29, 1.82) is 0 Å².